The van der Waals surface area contributed by atoms with Crippen molar-refractivity contribution in [2.24, 2.45) is 0 Å². The van der Waals surface area contributed by atoms with E-state index >= 15 is 0 Å². The summed E-state index contributed by atoms with van der Waals surface area (Å²) in [4.78, 5) is 11.3. The van der Waals surface area contributed by atoms with Gasteiger partial charge >= 0.3 is 0 Å². The smallest absolute Gasteiger partial charge is 0.245 e. The van der Waals surface area contributed by atoms with Crippen LogP contribution in [0.25, 0.3) is 5.57 Å². The summed E-state index contributed by atoms with van der Waals surface area (Å²) in [6.07, 6.45) is 1.69. The summed E-state index contributed by atoms with van der Waals surface area (Å²) in [5.41, 5.74) is 3.15. The van der Waals surface area contributed by atoms with Crippen molar-refractivity contribution in [2.75, 3.05) is 0 Å². The van der Waals surface area contributed by atoms with Gasteiger partial charge in [0.25, 0.3) is 0 Å². The van der Waals surface area contributed by atoms with Crippen molar-refractivity contribution in [3.63, 3.8) is 0 Å². The molecule has 0 saturated heterocycles. The van der Waals surface area contributed by atoms with Crippen LogP contribution in [0.4, 0.5) is 0 Å². The van der Waals surface area contributed by atoms with Gasteiger partial charge in [-0.15, -0.1) is 0 Å². The lowest BCUT2D eigenvalue weighted by molar-refractivity contribution is -0.116. The second-order valence-corrected chi connectivity index (χ2v) is 4.54. The Morgan fingerprint density at radius 3 is 2.20 bits per heavy atom. The zero-order valence-corrected chi connectivity index (χ0v) is 9.29. The first-order chi connectivity index (χ1) is 6.99. The maximum absolute atomic E-state index is 11.3. The second-order valence-electron chi connectivity index (χ2n) is 4.54. The molecule has 0 atom stereocenters. The highest BCUT2D eigenvalue weighted by Gasteiger charge is 2.31. The molecule has 15 heavy (non-hydrogen) atoms. The average Bonchev–Trinajstić information content (AvgIpc) is 2.41. The van der Waals surface area contributed by atoms with Crippen molar-refractivity contribution in [1.29, 1.82) is 0 Å². The van der Waals surface area contributed by atoms with Crippen LogP contribution >= 0.6 is 0 Å². The van der Waals surface area contributed by atoms with E-state index in [4.69, 9.17) is 0 Å². The number of amides is 1. The molecule has 1 aliphatic heterocycles. The highest BCUT2D eigenvalue weighted by molar-refractivity contribution is 6.03. The van der Waals surface area contributed by atoms with E-state index in [-0.39, 0.29) is 11.4 Å². The van der Waals surface area contributed by atoms with Crippen LogP contribution in [-0.2, 0) is 4.79 Å². The molecule has 1 aromatic carbocycles. The lowest BCUT2D eigenvalue weighted by Crippen LogP contribution is -2.37. The molecular weight excluding hydrogens is 186 g/mol. The van der Waals surface area contributed by atoms with E-state index in [1.165, 1.54) is 5.56 Å². The Labute approximate surface area is 90.0 Å². The summed E-state index contributed by atoms with van der Waals surface area (Å²) < 4.78 is 0. The molecule has 2 rings (SSSR count). The molecule has 1 aromatic rings. The Kier molecular flexibility index (Phi) is 2.14. The first-order valence-corrected chi connectivity index (χ1v) is 5.10. The minimum absolute atomic E-state index is 0.00410. The maximum atomic E-state index is 11.3. The normalized spacial score (nSPS) is 18.6. The van der Waals surface area contributed by atoms with Crippen LogP contribution in [0.2, 0.25) is 0 Å². The summed E-state index contributed by atoms with van der Waals surface area (Å²) in [6, 6.07) is 8.25. The third-order valence-electron chi connectivity index (χ3n) is 2.75. The fourth-order valence-corrected chi connectivity index (χ4v) is 1.90. The van der Waals surface area contributed by atoms with E-state index in [1.807, 2.05) is 13.8 Å². The van der Waals surface area contributed by atoms with Crippen LogP contribution < -0.4 is 5.32 Å². The molecular formula is C13H15NO. The Morgan fingerprint density at radius 2 is 1.73 bits per heavy atom. The summed E-state index contributed by atoms with van der Waals surface area (Å²) in [5, 5.41) is 2.92. The van der Waals surface area contributed by atoms with Gasteiger partial charge in [-0.25, -0.2) is 0 Å². The van der Waals surface area contributed by atoms with Gasteiger partial charge in [-0.2, -0.15) is 0 Å². The van der Waals surface area contributed by atoms with E-state index in [1.54, 1.807) is 6.08 Å². The van der Waals surface area contributed by atoms with Gasteiger partial charge in [-0.1, -0.05) is 29.8 Å². The van der Waals surface area contributed by atoms with Crippen molar-refractivity contribution < 1.29 is 4.79 Å². The summed E-state index contributed by atoms with van der Waals surface area (Å²) >= 11 is 0. The number of nitrogens with one attached hydrogen (secondary N) is 1. The Bertz CT molecular complexity index is 426. The Hall–Kier alpha value is -1.57. The fourth-order valence-electron chi connectivity index (χ4n) is 1.90. The zero-order chi connectivity index (χ0) is 11.1. The molecule has 0 fully saturated rings. The van der Waals surface area contributed by atoms with Crippen LogP contribution in [0, 0.1) is 6.92 Å². The Balaban J connectivity index is 2.43. The molecule has 1 heterocycles. The quantitative estimate of drug-likeness (QED) is 0.742. The highest BCUT2D eigenvalue weighted by Crippen LogP contribution is 2.30. The van der Waals surface area contributed by atoms with Gasteiger partial charge in [0.1, 0.15) is 0 Å². The van der Waals surface area contributed by atoms with Gasteiger partial charge in [0, 0.05) is 6.08 Å². The number of hydrogen-bond donors (Lipinski definition) is 1. The first-order valence-electron chi connectivity index (χ1n) is 5.10. The van der Waals surface area contributed by atoms with E-state index < -0.39 is 0 Å². The van der Waals surface area contributed by atoms with Crippen LogP contribution in [-0.4, -0.2) is 11.4 Å². The van der Waals surface area contributed by atoms with Crippen LogP contribution in [0.15, 0.2) is 30.3 Å². The number of hydrogen-bond acceptors (Lipinski definition) is 1. The molecule has 0 aliphatic carbocycles. The van der Waals surface area contributed by atoms with E-state index in [9.17, 15) is 4.79 Å². The molecule has 2 nitrogen and oxygen atoms in total. The van der Waals surface area contributed by atoms with Crippen LogP contribution in [0.3, 0.4) is 0 Å². The van der Waals surface area contributed by atoms with E-state index in [0.29, 0.717) is 0 Å². The zero-order valence-electron chi connectivity index (χ0n) is 9.29. The van der Waals surface area contributed by atoms with Crippen LogP contribution in [0.1, 0.15) is 25.0 Å². The molecule has 0 unspecified atom stereocenters. The lowest BCUT2D eigenvalue weighted by Gasteiger charge is -2.23. The molecule has 0 radical (unpaired) electrons. The average molecular weight is 201 g/mol. The van der Waals surface area contributed by atoms with Gasteiger partial charge in [-0.3, -0.25) is 4.79 Å². The predicted molar refractivity (Wildman–Crippen MR) is 61.4 cm³/mol. The summed E-state index contributed by atoms with van der Waals surface area (Å²) in [5.74, 6) is -0.00410. The number of carbonyl (C=O) groups excluding carboxylic acids is 1. The maximum Gasteiger partial charge on any atom is 0.245 e. The largest absolute Gasteiger partial charge is 0.344 e. The SMILES string of the molecule is Cc1ccc(C2=CC(=O)NC2(C)C)cc1. The molecule has 2 heteroatoms. The summed E-state index contributed by atoms with van der Waals surface area (Å²) in [6.45, 7) is 6.09. The van der Waals surface area contributed by atoms with Crippen molar-refractivity contribution in [1.82, 2.24) is 5.32 Å². The third-order valence-corrected chi connectivity index (χ3v) is 2.75. The van der Waals surface area contributed by atoms with Crippen molar-refractivity contribution in [2.45, 2.75) is 26.3 Å². The van der Waals surface area contributed by atoms with Gasteiger partial charge in [0.2, 0.25) is 5.91 Å². The molecule has 0 bridgehead atoms. The molecule has 0 aromatic heterocycles. The fraction of sp³-hybridized carbons (Fsp3) is 0.308. The van der Waals surface area contributed by atoms with Gasteiger partial charge in [-0.05, 0) is 31.9 Å². The number of aryl methyl sites for hydroxylation is 1. The van der Waals surface area contributed by atoms with Crippen LogP contribution in [0.5, 0.6) is 0 Å². The number of benzene rings is 1. The first kappa shape index (κ1) is 9.97. The monoisotopic (exact) mass is 201 g/mol. The standard InChI is InChI=1S/C13H15NO/c1-9-4-6-10(7-5-9)11-8-12(15)14-13(11,2)3/h4-8H,1-3H3,(H,14,15). The topological polar surface area (TPSA) is 29.1 Å². The molecule has 0 saturated carbocycles. The van der Waals surface area contributed by atoms with Crippen molar-refractivity contribution in [3.8, 4) is 0 Å². The minimum atomic E-state index is -0.258. The molecule has 1 aliphatic rings. The minimum Gasteiger partial charge on any atom is -0.344 e. The van der Waals surface area contributed by atoms with Gasteiger partial charge in [0.15, 0.2) is 0 Å². The molecule has 1 amide bonds. The molecule has 0 spiro atoms. The van der Waals surface area contributed by atoms with E-state index in [2.05, 4.69) is 36.5 Å². The highest BCUT2D eigenvalue weighted by atomic mass is 16.1. The molecule has 1 N–H and O–H groups in total. The van der Waals surface area contributed by atoms with Gasteiger partial charge < -0.3 is 5.32 Å². The number of carbonyl (C=O) groups is 1. The molecule has 78 valence electrons. The third kappa shape index (κ3) is 1.80. The number of rotatable bonds is 1. The van der Waals surface area contributed by atoms with Crippen molar-refractivity contribution >= 4 is 11.5 Å². The van der Waals surface area contributed by atoms with Crippen molar-refractivity contribution in [3.05, 3.63) is 41.5 Å². The van der Waals surface area contributed by atoms with Gasteiger partial charge in [0.05, 0.1) is 5.54 Å². The summed E-state index contributed by atoms with van der Waals surface area (Å²) in [7, 11) is 0. The van der Waals surface area contributed by atoms with E-state index in [0.717, 1.165) is 11.1 Å². The Morgan fingerprint density at radius 1 is 1.13 bits per heavy atom. The predicted octanol–water partition coefficient (Wildman–Crippen LogP) is 2.29. The second kappa shape index (κ2) is 3.23. The lowest BCUT2D eigenvalue weighted by atomic mass is 9.90.